The van der Waals surface area contributed by atoms with Crippen LogP contribution in [-0.2, 0) is 0 Å². The number of aromatic nitrogens is 1. The highest BCUT2D eigenvalue weighted by atomic mass is 16.3. The fourth-order valence-corrected chi connectivity index (χ4v) is 9.86. The molecule has 0 amide bonds. The maximum absolute atomic E-state index is 7.01. The first kappa shape index (κ1) is 34.8. The van der Waals surface area contributed by atoms with E-state index in [1.807, 2.05) is 18.2 Å². The Kier molecular flexibility index (Phi) is 7.58. The maximum Gasteiger partial charge on any atom is 0.160 e. The van der Waals surface area contributed by atoms with E-state index in [1.165, 1.54) is 32.3 Å². The van der Waals surface area contributed by atoms with E-state index >= 15 is 0 Å². The number of hydrogen-bond donors (Lipinski definition) is 0. The molecule has 0 radical (unpaired) electrons. The summed E-state index contributed by atoms with van der Waals surface area (Å²) >= 11 is 0. The minimum Gasteiger partial charge on any atom is -0.456 e. The maximum atomic E-state index is 7.01. The highest BCUT2D eigenvalue weighted by Crippen LogP contribution is 2.42. The number of amidine groups is 1. The Balaban J connectivity index is 1.10. The predicted octanol–water partition coefficient (Wildman–Crippen LogP) is 15.2. The van der Waals surface area contributed by atoms with Crippen molar-refractivity contribution in [1.82, 2.24) is 4.57 Å². The summed E-state index contributed by atoms with van der Waals surface area (Å²) in [5.74, 6) is 0.714. The average molecular weight is 796 g/mol. The first-order valence-electron chi connectivity index (χ1n) is 21.3. The first-order valence-corrected chi connectivity index (χ1v) is 21.3. The van der Waals surface area contributed by atoms with Crippen molar-refractivity contribution in [1.29, 1.82) is 0 Å². The smallest absolute Gasteiger partial charge is 0.160 e. The van der Waals surface area contributed by atoms with Crippen molar-refractivity contribution in [2.75, 3.05) is 0 Å². The van der Waals surface area contributed by atoms with Gasteiger partial charge in [0.2, 0.25) is 0 Å². The van der Waals surface area contributed by atoms with Gasteiger partial charge in [0.15, 0.2) is 11.4 Å². The molecule has 5 nitrogen and oxygen atoms in total. The Morgan fingerprint density at radius 2 is 1.16 bits per heavy atom. The number of furan rings is 2. The Labute approximate surface area is 356 Å². The summed E-state index contributed by atoms with van der Waals surface area (Å²) in [6, 6.07) is 64.4. The SMILES string of the molecule is CC1C/C=C(\c2ccc3c(c2)oc2ccccc23)N=C(c2ccc(-n3c4ccccc4c4cc5ccccc5cc43)c3oc4ccccc4c23)N=C1c1cccc2ccccc12. The van der Waals surface area contributed by atoms with Gasteiger partial charge in [0.1, 0.15) is 16.7 Å². The standard InChI is InChI=1S/C57H37N3O2/c1-34-25-29-47(38-26-27-42-41-19-7-10-23-51(41)61-53(42)33-38)58-57(59-55(34)43-21-12-16-35-13-4-5-17-39(35)43)45-28-30-49(56-54(45)44-20-8-11-24-52(44)62-56)60-48-22-9-6-18-40(48)46-31-36-14-2-3-15-37(36)32-50(46)60/h2-24,26-34H,25H2,1H3/b47-29+,58-57?,59-55?. The molecule has 5 heteroatoms. The van der Waals surface area contributed by atoms with Crippen LogP contribution in [0.5, 0.6) is 0 Å². The molecule has 0 saturated heterocycles. The third kappa shape index (κ3) is 5.28. The van der Waals surface area contributed by atoms with E-state index in [2.05, 4.69) is 181 Å². The molecule has 3 aromatic heterocycles. The second kappa shape index (κ2) is 13.5. The molecule has 0 fully saturated rings. The monoisotopic (exact) mass is 795 g/mol. The highest BCUT2D eigenvalue weighted by Gasteiger charge is 2.25. The van der Waals surface area contributed by atoms with Crippen LogP contribution in [0.1, 0.15) is 30.0 Å². The topological polar surface area (TPSA) is 55.9 Å². The lowest BCUT2D eigenvalue weighted by atomic mass is 9.90. The van der Waals surface area contributed by atoms with Gasteiger partial charge in [-0.3, -0.25) is 0 Å². The molecule has 1 aliphatic heterocycles. The van der Waals surface area contributed by atoms with Gasteiger partial charge in [0.25, 0.3) is 0 Å². The van der Waals surface area contributed by atoms with Crippen LogP contribution in [0.2, 0.25) is 0 Å². The molecule has 62 heavy (non-hydrogen) atoms. The van der Waals surface area contributed by atoms with Gasteiger partial charge in [-0.2, -0.15) is 0 Å². The van der Waals surface area contributed by atoms with Crippen molar-refractivity contribution in [3.8, 4) is 5.69 Å². The third-order valence-electron chi connectivity index (χ3n) is 12.9. The molecule has 292 valence electrons. The number of fused-ring (bicyclic) bond motifs is 11. The molecule has 4 heterocycles. The van der Waals surface area contributed by atoms with Gasteiger partial charge in [-0.1, -0.05) is 140 Å². The summed E-state index contributed by atoms with van der Waals surface area (Å²) in [4.78, 5) is 11.3. The minimum absolute atomic E-state index is 0.0829. The summed E-state index contributed by atoms with van der Waals surface area (Å²) in [6.07, 6.45) is 3.04. The van der Waals surface area contributed by atoms with Crippen molar-refractivity contribution in [3.63, 3.8) is 0 Å². The van der Waals surface area contributed by atoms with E-state index in [-0.39, 0.29) is 5.92 Å². The molecule has 1 atom stereocenters. The van der Waals surface area contributed by atoms with Crippen molar-refractivity contribution in [2.45, 2.75) is 13.3 Å². The van der Waals surface area contributed by atoms with Crippen LogP contribution in [0.15, 0.2) is 207 Å². The van der Waals surface area contributed by atoms with Crippen molar-refractivity contribution < 1.29 is 8.83 Å². The number of nitrogens with zero attached hydrogens (tertiary/aromatic N) is 3. The lowest BCUT2D eigenvalue weighted by molar-refractivity contribution is 0.666. The lowest BCUT2D eigenvalue weighted by Crippen LogP contribution is -2.17. The normalized spacial score (nSPS) is 15.8. The summed E-state index contributed by atoms with van der Waals surface area (Å²) in [5, 5.41) is 11.3. The summed E-state index contributed by atoms with van der Waals surface area (Å²) in [7, 11) is 0. The quantitative estimate of drug-likeness (QED) is 0.178. The van der Waals surface area contributed by atoms with Gasteiger partial charge in [-0.05, 0) is 82.6 Å². The Bertz CT molecular complexity index is 3920. The molecule has 0 aliphatic carbocycles. The van der Waals surface area contributed by atoms with Crippen molar-refractivity contribution in [3.05, 3.63) is 205 Å². The zero-order valence-corrected chi connectivity index (χ0v) is 33.8. The fraction of sp³-hybridized carbons (Fsp3) is 0.0526. The molecular formula is C57H37N3O2. The van der Waals surface area contributed by atoms with E-state index in [0.29, 0.717) is 5.84 Å². The van der Waals surface area contributed by atoms with Crippen LogP contribution in [-0.4, -0.2) is 16.1 Å². The minimum atomic E-state index is 0.0829. The fourth-order valence-electron chi connectivity index (χ4n) is 9.86. The summed E-state index contributed by atoms with van der Waals surface area (Å²) < 4.78 is 15.8. The van der Waals surface area contributed by atoms with Gasteiger partial charge >= 0.3 is 0 Å². The number of hydrogen-bond acceptors (Lipinski definition) is 4. The van der Waals surface area contributed by atoms with Crippen LogP contribution in [0, 0.1) is 5.92 Å². The van der Waals surface area contributed by atoms with Gasteiger partial charge in [-0.15, -0.1) is 0 Å². The van der Waals surface area contributed by atoms with Crippen LogP contribution < -0.4 is 0 Å². The van der Waals surface area contributed by atoms with E-state index < -0.39 is 0 Å². The lowest BCUT2D eigenvalue weighted by Gasteiger charge is -2.20. The molecule has 1 aliphatic rings. The molecule has 0 saturated carbocycles. The average Bonchev–Trinajstić information content (AvgIpc) is 3.99. The van der Waals surface area contributed by atoms with E-state index in [1.54, 1.807) is 0 Å². The Hall–Kier alpha value is -8.02. The number of para-hydroxylation sites is 3. The summed E-state index contributed by atoms with van der Waals surface area (Å²) in [6.45, 7) is 2.28. The number of benzene rings is 9. The molecule has 0 N–H and O–H groups in total. The highest BCUT2D eigenvalue weighted by molar-refractivity contribution is 6.25. The van der Waals surface area contributed by atoms with Crippen LogP contribution >= 0.6 is 0 Å². The first-order chi connectivity index (χ1) is 30.6. The van der Waals surface area contributed by atoms with E-state index in [9.17, 15) is 0 Å². The molecule has 0 spiro atoms. The number of allylic oxidation sites excluding steroid dienone is 1. The third-order valence-corrected chi connectivity index (χ3v) is 12.9. The summed E-state index contributed by atoms with van der Waals surface area (Å²) in [5.41, 5.74) is 11.4. The molecule has 1 unspecified atom stereocenters. The van der Waals surface area contributed by atoms with Gasteiger partial charge in [0, 0.05) is 54.9 Å². The molecule has 13 rings (SSSR count). The molecule has 9 aromatic carbocycles. The van der Waals surface area contributed by atoms with Crippen molar-refractivity contribution >= 4 is 104 Å². The van der Waals surface area contributed by atoms with Gasteiger partial charge in [0.05, 0.1) is 28.1 Å². The van der Waals surface area contributed by atoms with Crippen LogP contribution in [0.4, 0.5) is 0 Å². The van der Waals surface area contributed by atoms with E-state index in [0.717, 1.165) is 95.1 Å². The second-order valence-electron chi connectivity index (χ2n) is 16.5. The van der Waals surface area contributed by atoms with Crippen LogP contribution in [0.3, 0.4) is 0 Å². The Morgan fingerprint density at radius 3 is 2.02 bits per heavy atom. The second-order valence-corrected chi connectivity index (χ2v) is 16.5. The van der Waals surface area contributed by atoms with Crippen molar-refractivity contribution in [2.24, 2.45) is 15.9 Å². The molecule has 12 aromatic rings. The predicted molar refractivity (Wildman–Crippen MR) is 258 cm³/mol. The molecular weight excluding hydrogens is 759 g/mol. The van der Waals surface area contributed by atoms with Gasteiger partial charge in [-0.25, -0.2) is 9.98 Å². The number of aliphatic imine (C=N–C) groups is 2. The molecule has 0 bridgehead atoms. The van der Waals surface area contributed by atoms with Crippen LogP contribution in [0.25, 0.3) is 98.6 Å². The zero-order valence-electron chi connectivity index (χ0n) is 33.8. The Morgan fingerprint density at radius 1 is 0.484 bits per heavy atom. The number of rotatable bonds is 4. The van der Waals surface area contributed by atoms with Gasteiger partial charge < -0.3 is 13.4 Å². The van der Waals surface area contributed by atoms with E-state index in [4.69, 9.17) is 18.8 Å². The largest absolute Gasteiger partial charge is 0.456 e. The zero-order chi connectivity index (χ0) is 40.9.